The standard InChI is InChI=1S/C42H66O15/c1-19-9-14-41(37(53)57-35-33(50)31(48)29(46)23(18-44)55-35)15-16-42(36(51)52)21(27(41)20(19)2)7-8-25-39(5)12-11-26(38(3,4)24(39)10-13-40(25,42)6)56-34-32(49)30(47)28(45)22(17-43)54-34/h7,19-20,22-35,43-50H,8-18H2,1-6H3,(H,51,52)/t19-,20+,22-,23-,24+,25-,26+,27-,28-,29-,30+,31+,32-,33-,34+,35+,39+,40-,41+,42-/m1/s1. The Morgan fingerprint density at radius 2 is 1.33 bits per heavy atom. The van der Waals surface area contributed by atoms with Gasteiger partial charge in [0, 0.05) is 0 Å². The number of carboxylic acid groups (broad SMARTS) is 1. The molecule has 6 fully saturated rings. The van der Waals surface area contributed by atoms with E-state index in [4.69, 9.17) is 18.9 Å². The van der Waals surface area contributed by atoms with E-state index in [9.17, 15) is 55.5 Å². The number of carbonyl (C=O) groups is 2. The van der Waals surface area contributed by atoms with Crippen LogP contribution in [0, 0.1) is 56.7 Å². The second kappa shape index (κ2) is 15.0. The molecule has 0 aromatic rings. The summed E-state index contributed by atoms with van der Waals surface area (Å²) < 4.78 is 23.7. The van der Waals surface area contributed by atoms with Crippen LogP contribution in [0.15, 0.2) is 11.6 Å². The quantitative estimate of drug-likeness (QED) is 0.0997. The van der Waals surface area contributed by atoms with Gasteiger partial charge < -0.3 is 64.9 Å². The Kier molecular flexibility index (Phi) is 11.4. The Labute approximate surface area is 334 Å². The summed E-state index contributed by atoms with van der Waals surface area (Å²) in [4.78, 5) is 28.8. The van der Waals surface area contributed by atoms with Gasteiger partial charge in [-0.2, -0.15) is 0 Å². The van der Waals surface area contributed by atoms with Gasteiger partial charge in [-0.15, -0.1) is 0 Å². The van der Waals surface area contributed by atoms with Gasteiger partial charge in [0.05, 0.1) is 30.1 Å². The molecular formula is C42H66O15. The molecule has 0 aromatic carbocycles. The zero-order chi connectivity index (χ0) is 41.8. The molecule has 0 unspecified atom stereocenters. The molecule has 20 atom stereocenters. The van der Waals surface area contributed by atoms with Gasteiger partial charge in [0.2, 0.25) is 6.29 Å². The molecule has 0 amide bonds. The van der Waals surface area contributed by atoms with Crippen molar-refractivity contribution < 1.29 is 74.5 Å². The smallest absolute Gasteiger partial charge is 0.315 e. The monoisotopic (exact) mass is 810 g/mol. The number of allylic oxidation sites excluding steroid dienone is 1. The van der Waals surface area contributed by atoms with Crippen LogP contribution in [0.25, 0.3) is 0 Å². The molecule has 0 spiro atoms. The predicted octanol–water partition coefficient (Wildman–Crippen LogP) is 1.24. The summed E-state index contributed by atoms with van der Waals surface area (Å²) >= 11 is 0. The molecule has 7 aliphatic rings. The summed E-state index contributed by atoms with van der Waals surface area (Å²) in [5.74, 6) is -1.90. The number of aliphatic hydroxyl groups excluding tert-OH is 8. The maximum atomic E-state index is 14.6. The average Bonchev–Trinajstić information content (AvgIpc) is 3.16. The Morgan fingerprint density at radius 3 is 1.93 bits per heavy atom. The molecule has 5 aliphatic carbocycles. The molecule has 2 saturated heterocycles. The lowest BCUT2D eigenvalue weighted by Crippen LogP contribution is -2.68. The Morgan fingerprint density at radius 1 is 0.737 bits per heavy atom. The molecule has 57 heavy (non-hydrogen) atoms. The number of rotatable bonds is 7. The highest BCUT2D eigenvalue weighted by molar-refractivity contribution is 5.85. The molecule has 0 aromatic heterocycles. The van der Waals surface area contributed by atoms with E-state index >= 15 is 0 Å². The second-order valence-corrected chi connectivity index (χ2v) is 20.0. The van der Waals surface area contributed by atoms with Gasteiger partial charge in [0.15, 0.2) is 6.29 Å². The summed E-state index contributed by atoms with van der Waals surface area (Å²) in [5.41, 5.74) is -3.12. The van der Waals surface area contributed by atoms with Crippen LogP contribution < -0.4 is 0 Å². The molecule has 2 aliphatic heterocycles. The summed E-state index contributed by atoms with van der Waals surface area (Å²) in [5, 5.41) is 94.3. The number of carbonyl (C=O) groups excluding carboxylic acids is 1. The average molecular weight is 811 g/mol. The molecule has 0 radical (unpaired) electrons. The van der Waals surface area contributed by atoms with Gasteiger partial charge in [-0.1, -0.05) is 53.2 Å². The van der Waals surface area contributed by atoms with Crippen molar-refractivity contribution in [3.05, 3.63) is 11.6 Å². The van der Waals surface area contributed by atoms with Gasteiger partial charge in [-0.05, 0) is 104 Å². The highest BCUT2D eigenvalue weighted by Gasteiger charge is 2.74. The van der Waals surface area contributed by atoms with E-state index in [0.717, 1.165) is 5.57 Å². The fourth-order valence-corrected chi connectivity index (χ4v) is 13.9. The molecule has 324 valence electrons. The lowest BCUT2D eigenvalue weighted by atomic mass is 9.33. The van der Waals surface area contributed by atoms with Crippen LogP contribution in [0.2, 0.25) is 0 Å². The zero-order valence-corrected chi connectivity index (χ0v) is 34.1. The number of aliphatic carboxylic acids is 1. The molecular weight excluding hydrogens is 744 g/mol. The van der Waals surface area contributed by atoms with E-state index in [1.807, 2.05) is 0 Å². The minimum Gasteiger partial charge on any atom is -0.481 e. The van der Waals surface area contributed by atoms with E-state index in [0.29, 0.717) is 44.9 Å². The second-order valence-electron chi connectivity index (χ2n) is 20.0. The first-order chi connectivity index (χ1) is 26.7. The van der Waals surface area contributed by atoms with Crippen LogP contribution in [0.3, 0.4) is 0 Å². The van der Waals surface area contributed by atoms with Gasteiger partial charge in [-0.25, -0.2) is 0 Å². The summed E-state index contributed by atoms with van der Waals surface area (Å²) in [6, 6.07) is 0. The molecule has 0 bridgehead atoms. The Bertz CT molecular complexity index is 1570. The summed E-state index contributed by atoms with van der Waals surface area (Å²) in [6.07, 6.45) is -8.38. The Balaban J connectivity index is 1.20. The van der Waals surface area contributed by atoms with Crippen LogP contribution in [0.1, 0.15) is 99.3 Å². The molecule has 2 heterocycles. The van der Waals surface area contributed by atoms with Crippen molar-refractivity contribution in [1.82, 2.24) is 0 Å². The first-order valence-electron chi connectivity index (χ1n) is 21.1. The third-order valence-electron chi connectivity index (χ3n) is 17.4. The van der Waals surface area contributed by atoms with Gasteiger partial charge in [0.25, 0.3) is 0 Å². The van der Waals surface area contributed by atoms with E-state index in [-0.39, 0.29) is 41.9 Å². The lowest BCUT2D eigenvalue weighted by Gasteiger charge is -2.70. The van der Waals surface area contributed by atoms with Crippen molar-refractivity contribution in [3.8, 4) is 0 Å². The van der Waals surface area contributed by atoms with Gasteiger partial charge in [-0.3, -0.25) is 9.59 Å². The van der Waals surface area contributed by atoms with Crippen LogP contribution >= 0.6 is 0 Å². The van der Waals surface area contributed by atoms with E-state index < -0.39 is 120 Å². The zero-order valence-electron chi connectivity index (χ0n) is 34.1. The number of hydrogen-bond donors (Lipinski definition) is 9. The van der Waals surface area contributed by atoms with Crippen LogP contribution in [-0.2, 0) is 28.5 Å². The minimum absolute atomic E-state index is 0.0408. The van der Waals surface area contributed by atoms with Crippen molar-refractivity contribution in [2.45, 2.75) is 167 Å². The highest BCUT2D eigenvalue weighted by atomic mass is 16.7. The van der Waals surface area contributed by atoms with Crippen LogP contribution in [0.4, 0.5) is 0 Å². The van der Waals surface area contributed by atoms with E-state index in [1.165, 1.54) is 0 Å². The molecule has 15 nitrogen and oxygen atoms in total. The maximum Gasteiger partial charge on any atom is 0.315 e. The number of carboxylic acids is 1. The van der Waals surface area contributed by atoms with Gasteiger partial charge >= 0.3 is 11.9 Å². The van der Waals surface area contributed by atoms with Crippen LogP contribution in [0.5, 0.6) is 0 Å². The number of aliphatic hydroxyl groups is 8. The summed E-state index contributed by atoms with van der Waals surface area (Å²) in [6.45, 7) is 11.7. The number of hydrogen-bond acceptors (Lipinski definition) is 14. The lowest BCUT2D eigenvalue weighted by molar-refractivity contribution is -0.330. The molecule has 7 rings (SSSR count). The third kappa shape index (κ3) is 6.14. The first kappa shape index (κ1) is 43.3. The highest BCUT2D eigenvalue weighted by Crippen LogP contribution is 2.76. The van der Waals surface area contributed by atoms with Gasteiger partial charge in [0.1, 0.15) is 48.8 Å². The SMILES string of the molecule is C[C@H]1[C@H](C)CC[C@]2(C(=O)O[C@@H]3O[C@H](CO)[C@@H](O)[C@H](O)[C@H]3O)CC[C@]3(C(=O)O)C(=CC[C@@H]4[C@@]5(C)CC[C@H](O[C@@H]6O[C@H](CO)[C@@H](O)[C@H](O)[C@H]6O)C(C)(C)[C@@H]5CC[C@]43C)[C@@H]12. The normalized spacial score (nSPS) is 53.3. The fourth-order valence-electron chi connectivity index (χ4n) is 13.9. The van der Waals surface area contributed by atoms with Crippen LogP contribution in [-0.4, -0.2) is 139 Å². The first-order valence-corrected chi connectivity index (χ1v) is 21.1. The van der Waals surface area contributed by atoms with Crippen molar-refractivity contribution in [3.63, 3.8) is 0 Å². The molecule has 15 heteroatoms. The number of esters is 1. The third-order valence-corrected chi connectivity index (χ3v) is 17.4. The number of ether oxygens (including phenoxy) is 4. The fraction of sp³-hybridized carbons (Fsp3) is 0.905. The Hall–Kier alpha value is -1.76. The predicted molar refractivity (Wildman–Crippen MR) is 199 cm³/mol. The van der Waals surface area contributed by atoms with Crippen molar-refractivity contribution in [2.75, 3.05) is 13.2 Å². The largest absolute Gasteiger partial charge is 0.481 e. The topological polar surface area (TPSA) is 253 Å². The number of fused-ring (bicyclic) bond motifs is 7. The summed E-state index contributed by atoms with van der Waals surface area (Å²) in [7, 11) is 0. The van der Waals surface area contributed by atoms with Crippen molar-refractivity contribution in [2.24, 2.45) is 56.7 Å². The van der Waals surface area contributed by atoms with E-state index in [2.05, 4.69) is 47.6 Å². The van der Waals surface area contributed by atoms with Crippen molar-refractivity contribution >= 4 is 11.9 Å². The molecule has 4 saturated carbocycles. The van der Waals surface area contributed by atoms with E-state index in [1.54, 1.807) is 0 Å². The maximum absolute atomic E-state index is 14.6. The van der Waals surface area contributed by atoms with Crippen molar-refractivity contribution in [1.29, 1.82) is 0 Å². The minimum atomic E-state index is -1.75. The molecule has 9 N–H and O–H groups in total.